The maximum Gasteiger partial charge on any atom is 0.318 e. The molecule has 4 heteroatoms. The Kier molecular flexibility index (Phi) is 5.07. The van der Waals surface area contributed by atoms with Crippen molar-refractivity contribution < 1.29 is 14.3 Å². The number of nitrogens with zero attached hydrogens (tertiary/aromatic N) is 1. The molecule has 0 N–H and O–H groups in total. The molecule has 4 nitrogen and oxygen atoms in total. The lowest BCUT2D eigenvalue weighted by Gasteiger charge is -2.26. The zero-order valence-corrected chi connectivity index (χ0v) is 11.7. The van der Waals surface area contributed by atoms with E-state index in [4.69, 9.17) is 4.74 Å². The average Bonchev–Trinajstić information content (AvgIpc) is 2.39. The van der Waals surface area contributed by atoms with Crippen LogP contribution in [0, 0.1) is 0 Å². The SMILES string of the molecule is CC(=O)CC(=O)OC1=CCCN(Cc2ccccc2)C1. The first-order valence-electron chi connectivity index (χ1n) is 6.79. The second-order valence-electron chi connectivity index (χ2n) is 5.01. The molecule has 1 aliphatic rings. The first-order valence-corrected chi connectivity index (χ1v) is 6.79. The minimum atomic E-state index is -0.467. The van der Waals surface area contributed by atoms with Gasteiger partial charge in [-0.05, 0) is 25.0 Å². The van der Waals surface area contributed by atoms with E-state index in [1.165, 1.54) is 12.5 Å². The summed E-state index contributed by atoms with van der Waals surface area (Å²) in [6.45, 7) is 3.78. The fourth-order valence-electron chi connectivity index (χ4n) is 2.21. The number of carbonyl (C=O) groups excluding carboxylic acids is 2. The van der Waals surface area contributed by atoms with Crippen molar-refractivity contribution in [3.63, 3.8) is 0 Å². The topological polar surface area (TPSA) is 46.6 Å². The highest BCUT2D eigenvalue weighted by Crippen LogP contribution is 2.14. The molecule has 0 fully saturated rings. The predicted molar refractivity (Wildman–Crippen MR) is 75.8 cm³/mol. The number of ether oxygens (including phenoxy) is 1. The summed E-state index contributed by atoms with van der Waals surface area (Å²) in [7, 11) is 0. The molecule has 1 aliphatic heterocycles. The van der Waals surface area contributed by atoms with Crippen molar-refractivity contribution in [2.75, 3.05) is 13.1 Å². The lowest BCUT2D eigenvalue weighted by Crippen LogP contribution is -2.31. The number of rotatable bonds is 5. The summed E-state index contributed by atoms with van der Waals surface area (Å²) in [6.07, 6.45) is 2.63. The summed E-state index contributed by atoms with van der Waals surface area (Å²) in [5.74, 6) is 0.0105. The fraction of sp³-hybridized carbons (Fsp3) is 0.375. The van der Waals surface area contributed by atoms with Gasteiger partial charge in [0, 0.05) is 13.1 Å². The molecular formula is C16H19NO3. The Bertz CT molecular complexity index is 508. The molecule has 1 aromatic carbocycles. The van der Waals surface area contributed by atoms with E-state index in [0.29, 0.717) is 12.3 Å². The molecule has 0 saturated heterocycles. The summed E-state index contributed by atoms with van der Waals surface area (Å²) >= 11 is 0. The third kappa shape index (κ3) is 4.63. The van der Waals surface area contributed by atoms with Crippen LogP contribution >= 0.6 is 0 Å². The number of Topliss-reactive ketones (excluding diaryl/α,β-unsaturated/α-hetero) is 1. The van der Waals surface area contributed by atoms with E-state index >= 15 is 0 Å². The summed E-state index contributed by atoms with van der Waals surface area (Å²) < 4.78 is 5.23. The van der Waals surface area contributed by atoms with Gasteiger partial charge in [-0.2, -0.15) is 0 Å². The molecule has 0 atom stereocenters. The molecule has 106 valence electrons. The van der Waals surface area contributed by atoms with E-state index in [1.54, 1.807) is 0 Å². The van der Waals surface area contributed by atoms with E-state index < -0.39 is 5.97 Å². The Balaban J connectivity index is 1.86. The molecule has 0 bridgehead atoms. The summed E-state index contributed by atoms with van der Waals surface area (Å²) in [4.78, 5) is 24.6. The number of benzene rings is 1. The third-order valence-corrected chi connectivity index (χ3v) is 3.08. The molecule has 0 unspecified atom stereocenters. The number of hydrogen-bond acceptors (Lipinski definition) is 4. The van der Waals surface area contributed by atoms with Crippen LogP contribution in [0.2, 0.25) is 0 Å². The van der Waals surface area contributed by atoms with Crippen LogP contribution in [0.15, 0.2) is 42.2 Å². The summed E-state index contributed by atoms with van der Waals surface area (Å²) in [6, 6.07) is 10.2. The summed E-state index contributed by atoms with van der Waals surface area (Å²) in [5.41, 5.74) is 1.24. The second-order valence-corrected chi connectivity index (χ2v) is 5.01. The smallest absolute Gasteiger partial charge is 0.318 e. The van der Waals surface area contributed by atoms with Gasteiger partial charge < -0.3 is 4.74 Å². The van der Waals surface area contributed by atoms with Crippen LogP contribution in [0.4, 0.5) is 0 Å². The van der Waals surface area contributed by atoms with Crippen molar-refractivity contribution in [2.24, 2.45) is 0 Å². The largest absolute Gasteiger partial charge is 0.430 e. The van der Waals surface area contributed by atoms with Crippen LogP contribution in [0.5, 0.6) is 0 Å². The zero-order valence-electron chi connectivity index (χ0n) is 11.7. The lowest BCUT2D eigenvalue weighted by molar-refractivity contribution is -0.142. The average molecular weight is 273 g/mol. The number of esters is 1. The van der Waals surface area contributed by atoms with Gasteiger partial charge in [-0.3, -0.25) is 14.5 Å². The van der Waals surface area contributed by atoms with Crippen molar-refractivity contribution in [2.45, 2.75) is 26.3 Å². The zero-order chi connectivity index (χ0) is 14.4. The van der Waals surface area contributed by atoms with E-state index in [1.807, 2.05) is 24.3 Å². The first kappa shape index (κ1) is 14.5. The van der Waals surface area contributed by atoms with Gasteiger partial charge in [0.05, 0.1) is 6.54 Å². The van der Waals surface area contributed by atoms with Gasteiger partial charge in [-0.15, -0.1) is 0 Å². The Morgan fingerprint density at radius 3 is 2.70 bits per heavy atom. The molecule has 0 radical (unpaired) electrons. The Hall–Kier alpha value is -1.94. The Morgan fingerprint density at radius 1 is 1.25 bits per heavy atom. The van der Waals surface area contributed by atoms with Crippen LogP contribution < -0.4 is 0 Å². The van der Waals surface area contributed by atoms with E-state index in [0.717, 1.165) is 19.5 Å². The minimum Gasteiger partial charge on any atom is -0.430 e. The standard InChI is InChI=1S/C16H19NO3/c1-13(18)10-16(19)20-15-8-5-9-17(12-15)11-14-6-3-2-4-7-14/h2-4,6-8H,5,9-12H2,1H3. The maximum absolute atomic E-state index is 11.5. The molecule has 0 saturated carbocycles. The van der Waals surface area contributed by atoms with Crippen molar-refractivity contribution in [1.29, 1.82) is 0 Å². The lowest BCUT2D eigenvalue weighted by atomic mass is 10.1. The molecular weight excluding hydrogens is 254 g/mol. The number of carbonyl (C=O) groups is 2. The van der Waals surface area contributed by atoms with Gasteiger partial charge in [0.25, 0.3) is 0 Å². The van der Waals surface area contributed by atoms with Crippen molar-refractivity contribution >= 4 is 11.8 Å². The van der Waals surface area contributed by atoms with Crippen LogP contribution in [0.25, 0.3) is 0 Å². The van der Waals surface area contributed by atoms with Crippen LogP contribution in [-0.2, 0) is 20.9 Å². The molecule has 2 rings (SSSR count). The van der Waals surface area contributed by atoms with Gasteiger partial charge in [-0.1, -0.05) is 30.3 Å². The van der Waals surface area contributed by atoms with Gasteiger partial charge >= 0.3 is 5.97 Å². The number of ketones is 1. The van der Waals surface area contributed by atoms with E-state index in [9.17, 15) is 9.59 Å². The predicted octanol–water partition coefficient (Wildman–Crippen LogP) is 2.30. The molecule has 0 aromatic heterocycles. The molecule has 0 aliphatic carbocycles. The molecule has 1 heterocycles. The highest BCUT2D eigenvalue weighted by molar-refractivity contribution is 5.94. The summed E-state index contributed by atoms with van der Waals surface area (Å²) in [5, 5.41) is 0. The Morgan fingerprint density at radius 2 is 2.00 bits per heavy atom. The Labute approximate surface area is 119 Å². The third-order valence-electron chi connectivity index (χ3n) is 3.08. The molecule has 0 amide bonds. The van der Waals surface area contributed by atoms with Crippen LogP contribution in [0.1, 0.15) is 25.3 Å². The van der Waals surface area contributed by atoms with Gasteiger partial charge in [0.15, 0.2) is 0 Å². The quantitative estimate of drug-likeness (QED) is 0.610. The van der Waals surface area contributed by atoms with Crippen LogP contribution in [0.3, 0.4) is 0 Å². The van der Waals surface area contributed by atoms with Crippen molar-refractivity contribution in [1.82, 2.24) is 4.90 Å². The monoisotopic (exact) mass is 273 g/mol. The second kappa shape index (κ2) is 7.01. The van der Waals surface area contributed by atoms with Crippen LogP contribution in [-0.4, -0.2) is 29.7 Å². The molecule has 1 aromatic rings. The van der Waals surface area contributed by atoms with E-state index in [2.05, 4.69) is 17.0 Å². The molecule has 0 spiro atoms. The maximum atomic E-state index is 11.5. The number of hydrogen-bond donors (Lipinski definition) is 0. The van der Waals surface area contributed by atoms with Gasteiger partial charge in [0.2, 0.25) is 0 Å². The fourth-order valence-corrected chi connectivity index (χ4v) is 2.21. The first-order chi connectivity index (χ1) is 9.63. The van der Waals surface area contributed by atoms with Gasteiger partial charge in [-0.25, -0.2) is 0 Å². The highest BCUT2D eigenvalue weighted by atomic mass is 16.5. The minimum absolute atomic E-state index is 0.157. The van der Waals surface area contributed by atoms with E-state index in [-0.39, 0.29) is 12.2 Å². The van der Waals surface area contributed by atoms with Gasteiger partial charge in [0.1, 0.15) is 18.0 Å². The normalized spacial score (nSPS) is 15.6. The highest BCUT2D eigenvalue weighted by Gasteiger charge is 2.17. The molecule has 20 heavy (non-hydrogen) atoms. The van der Waals surface area contributed by atoms with Crippen molar-refractivity contribution in [3.8, 4) is 0 Å². The van der Waals surface area contributed by atoms with Crippen molar-refractivity contribution in [3.05, 3.63) is 47.7 Å².